The SMILES string of the molecule is CC(N)C1CCN(CC2CCCC(F)(F)C2)CC1.Cl. The molecular formula is C14H27ClF2N2. The Labute approximate surface area is 121 Å². The number of piperidine rings is 1. The van der Waals surface area contributed by atoms with E-state index < -0.39 is 5.92 Å². The molecule has 2 unspecified atom stereocenters. The van der Waals surface area contributed by atoms with E-state index in [-0.39, 0.29) is 37.2 Å². The molecule has 2 fully saturated rings. The molecule has 1 saturated carbocycles. The van der Waals surface area contributed by atoms with Gasteiger partial charge in [-0.15, -0.1) is 12.4 Å². The maximum Gasteiger partial charge on any atom is 0.248 e. The summed E-state index contributed by atoms with van der Waals surface area (Å²) >= 11 is 0. The molecule has 1 heterocycles. The van der Waals surface area contributed by atoms with Gasteiger partial charge in [0.1, 0.15) is 0 Å². The molecule has 0 spiro atoms. The standard InChI is InChI=1S/C14H26F2N2.ClH/c1-11(17)13-4-7-18(8-5-13)10-12-3-2-6-14(15,16)9-12;/h11-13H,2-10,17H2,1H3;1H. The Morgan fingerprint density at radius 3 is 2.42 bits per heavy atom. The fourth-order valence-electron chi connectivity index (χ4n) is 3.46. The zero-order chi connectivity index (χ0) is 13.2. The Hall–Kier alpha value is 0.0700. The van der Waals surface area contributed by atoms with Crippen LogP contribution < -0.4 is 5.73 Å². The van der Waals surface area contributed by atoms with Crippen molar-refractivity contribution in [2.45, 2.75) is 57.4 Å². The van der Waals surface area contributed by atoms with Gasteiger partial charge in [-0.25, -0.2) is 8.78 Å². The quantitative estimate of drug-likeness (QED) is 0.866. The Morgan fingerprint density at radius 1 is 1.26 bits per heavy atom. The summed E-state index contributed by atoms with van der Waals surface area (Å²) in [7, 11) is 0. The average Bonchev–Trinajstić information content (AvgIpc) is 2.28. The van der Waals surface area contributed by atoms with Crippen LogP contribution in [-0.2, 0) is 0 Å². The molecule has 2 atom stereocenters. The summed E-state index contributed by atoms with van der Waals surface area (Å²) in [5, 5.41) is 0. The van der Waals surface area contributed by atoms with Gasteiger partial charge in [0, 0.05) is 25.4 Å². The predicted octanol–water partition coefficient (Wildman–Crippen LogP) is 3.29. The van der Waals surface area contributed by atoms with Gasteiger partial charge < -0.3 is 10.6 Å². The molecule has 5 heteroatoms. The van der Waals surface area contributed by atoms with Crippen molar-refractivity contribution >= 4 is 12.4 Å². The van der Waals surface area contributed by atoms with Gasteiger partial charge in [-0.2, -0.15) is 0 Å². The molecule has 19 heavy (non-hydrogen) atoms. The molecule has 1 aliphatic heterocycles. The van der Waals surface area contributed by atoms with Crippen molar-refractivity contribution in [3.63, 3.8) is 0 Å². The summed E-state index contributed by atoms with van der Waals surface area (Å²) in [4.78, 5) is 2.37. The van der Waals surface area contributed by atoms with Gasteiger partial charge in [-0.05, 0) is 57.5 Å². The monoisotopic (exact) mass is 296 g/mol. The van der Waals surface area contributed by atoms with Crippen LogP contribution in [0.2, 0.25) is 0 Å². The maximum atomic E-state index is 13.3. The third kappa shape index (κ3) is 5.16. The normalized spacial score (nSPS) is 30.6. The van der Waals surface area contributed by atoms with Crippen molar-refractivity contribution in [2.24, 2.45) is 17.6 Å². The van der Waals surface area contributed by atoms with E-state index in [0.29, 0.717) is 12.3 Å². The molecule has 0 bridgehead atoms. The minimum absolute atomic E-state index is 0. The van der Waals surface area contributed by atoms with Crippen molar-refractivity contribution in [3.05, 3.63) is 0 Å². The van der Waals surface area contributed by atoms with Crippen molar-refractivity contribution in [1.82, 2.24) is 4.90 Å². The molecule has 1 aliphatic carbocycles. The van der Waals surface area contributed by atoms with E-state index in [9.17, 15) is 8.78 Å². The highest BCUT2D eigenvalue weighted by Gasteiger charge is 2.37. The Balaban J connectivity index is 0.00000180. The van der Waals surface area contributed by atoms with E-state index in [0.717, 1.165) is 38.9 Å². The fraction of sp³-hybridized carbons (Fsp3) is 1.00. The molecule has 0 aromatic heterocycles. The highest BCUT2D eigenvalue weighted by Crippen LogP contribution is 2.37. The number of rotatable bonds is 3. The van der Waals surface area contributed by atoms with Crippen LogP contribution in [0.4, 0.5) is 8.78 Å². The highest BCUT2D eigenvalue weighted by molar-refractivity contribution is 5.85. The summed E-state index contributed by atoms with van der Waals surface area (Å²) in [5.41, 5.74) is 5.91. The molecule has 2 aliphatic rings. The van der Waals surface area contributed by atoms with Crippen molar-refractivity contribution in [1.29, 1.82) is 0 Å². The summed E-state index contributed by atoms with van der Waals surface area (Å²) in [6.07, 6.45) is 4.11. The van der Waals surface area contributed by atoms with Crippen molar-refractivity contribution in [3.8, 4) is 0 Å². The molecule has 2 rings (SSSR count). The fourth-order valence-corrected chi connectivity index (χ4v) is 3.46. The van der Waals surface area contributed by atoms with Gasteiger partial charge in [0.05, 0.1) is 0 Å². The van der Waals surface area contributed by atoms with E-state index in [1.165, 1.54) is 0 Å². The lowest BCUT2D eigenvalue weighted by molar-refractivity contribution is -0.0580. The van der Waals surface area contributed by atoms with E-state index in [1.807, 2.05) is 0 Å². The average molecular weight is 297 g/mol. The molecule has 114 valence electrons. The van der Waals surface area contributed by atoms with Crippen LogP contribution in [-0.4, -0.2) is 36.5 Å². The van der Waals surface area contributed by atoms with Crippen LogP contribution in [0, 0.1) is 11.8 Å². The van der Waals surface area contributed by atoms with Gasteiger partial charge >= 0.3 is 0 Å². The van der Waals surface area contributed by atoms with Crippen LogP contribution in [0.25, 0.3) is 0 Å². The number of nitrogens with two attached hydrogens (primary N) is 1. The van der Waals surface area contributed by atoms with Crippen LogP contribution in [0.1, 0.15) is 45.4 Å². The smallest absolute Gasteiger partial charge is 0.248 e. The Kier molecular flexibility index (Phi) is 6.48. The van der Waals surface area contributed by atoms with E-state index >= 15 is 0 Å². The third-order valence-electron chi connectivity index (χ3n) is 4.63. The first kappa shape index (κ1) is 17.1. The third-order valence-corrected chi connectivity index (χ3v) is 4.63. The lowest BCUT2D eigenvalue weighted by Gasteiger charge is -2.37. The second kappa shape index (κ2) is 7.19. The van der Waals surface area contributed by atoms with E-state index in [1.54, 1.807) is 0 Å². The second-order valence-electron chi connectivity index (χ2n) is 6.32. The van der Waals surface area contributed by atoms with E-state index in [4.69, 9.17) is 5.73 Å². The molecular weight excluding hydrogens is 270 g/mol. The van der Waals surface area contributed by atoms with Crippen LogP contribution in [0.15, 0.2) is 0 Å². The van der Waals surface area contributed by atoms with Gasteiger partial charge in [-0.1, -0.05) is 0 Å². The molecule has 0 radical (unpaired) electrons. The predicted molar refractivity (Wildman–Crippen MR) is 77.0 cm³/mol. The number of hydrogen-bond donors (Lipinski definition) is 1. The first-order chi connectivity index (χ1) is 8.46. The summed E-state index contributed by atoms with van der Waals surface area (Å²) < 4.78 is 26.7. The van der Waals surface area contributed by atoms with Crippen LogP contribution in [0.5, 0.6) is 0 Å². The molecule has 0 aromatic rings. The van der Waals surface area contributed by atoms with Gasteiger partial charge in [0.15, 0.2) is 0 Å². The van der Waals surface area contributed by atoms with Gasteiger partial charge in [0.25, 0.3) is 0 Å². The molecule has 0 amide bonds. The zero-order valence-corrected chi connectivity index (χ0v) is 12.6. The minimum Gasteiger partial charge on any atom is -0.328 e. The topological polar surface area (TPSA) is 29.3 Å². The highest BCUT2D eigenvalue weighted by atomic mass is 35.5. The van der Waals surface area contributed by atoms with Crippen LogP contribution >= 0.6 is 12.4 Å². The number of likely N-dealkylation sites (tertiary alicyclic amines) is 1. The largest absolute Gasteiger partial charge is 0.328 e. The Bertz CT molecular complexity index is 266. The first-order valence-electron chi connectivity index (χ1n) is 7.32. The molecule has 2 N–H and O–H groups in total. The molecule has 2 nitrogen and oxygen atoms in total. The van der Waals surface area contributed by atoms with Crippen molar-refractivity contribution in [2.75, 3.05) is 19.6 Å². The minimum atomic E-state index is -2.41. The molecule has 0 aromatic carbocycles. The summed E-state index contributed by atoms with van der Waals surface area (Å²) in [5.74, 6) is -1.60. The number of nitrogens with zero attached hydrogens (tertiary/aromatic N) is 1. The lowest BCUT2D eigenvalue weighted by Crippen LogP contribution is -2.42. The lowest BCUT2D eigenvalue weighted by atomic mass is 9.85. The first-order valence-corrected chi connectivity index (χ1v) is 7.32. The number of hydrogen-bond acceptors (Lipinski definition) is 2. The molecule has 1 saturated heterocycles. The van der Waals surface area contributed by atoms with Gasteiger partial charge in [-0.3, -0.25) is 0 Å². The zero-order valence-electron chi connectivity index (χ0n) is 11.8. The second-order valence-corrected chi connectivity index (χ2v) is 6.32. The number of halogens is 3. The maximum absolute atomic E-state index is 13.3. The van der Waals surface area contributed by atoms with Gasteiger partial charge in [0.2, 0.25) is 5.92 Å². The number of alkyl halides is 2. The van der Waals surface area contributed by atoms with E-state index in [2.05, 4.69) is 11.8 Å². The summed E-state index contributed by atoms with van der Waals surface area (Å²) in [6, 6.07) is 0.270. The van der Waals surface area contributed by atoms with Crippen molar-refractivity contribution < 1.29 is 8.78 Å². The van der Waals surface area contributed by atoms with Crippen LogP contribution in [0.3, 0.4) is 0 Å². The Morgan fingerprint density at radius 2 is 1.89 bits per heavy atom. The summed E-state index contributed by atoms with van der Waals surface area (Å²) in [6.45, 7) is 5.01.